The average molecular weight is 287 g/mol. The Morgan fingerprint density at radius 3 is 2.33 bits per heavy atom. The fourth-order valence-electron chi connectivity index (χ4n) is 2.23. The molecule has 0 atom stereocenters. The number of carbonyl (C=O) groups is 2. The molecule has 2 rings (SSSR count). The molecule has 0 saturated heterocycles. The van der Waals surface area contributed by atoms with Crippen molar-refractivity contribution in [2.75, 3.05) is 6.54 Å². The number of hydrogen-bond donors (Lipinski definition) is 1. The van der Waals surface area contributed by atoms with E-state index in [1.165, 1.54) is 13.8 Å². The second kappa shape index (κ2) is 6.37. The van der Waals surface area contributed by atoms with Gasteiger partial charge in [-0.2, -0.15) is 0 Å². The topological polar surface area (TPSA) is 78.6 Å². The van der Waals surface area contributed by atoms with Crippen LogP contribution in [0.25, 0.3) is 10.8 Å². The second-order valence-electron chi connectivity index (χ2n) is 4.63. The number of rotatable bonds is 4. The molecule has 2 aromatic carbocycles. The summed E-state index contributed by atoms with van der Waals surface area (Å²) in [4.78, 5) is 22.5. The number of hydrogen-bond acceptors (Lipinski definition) is 5. The average Bonchev–Trinajstić information content (AvgIpc) is 2.41. The summed E-state index contributed by atoms with van der Waals surface area (Å²) in [7, 11) is 0. The number of nitrogens with two attached hydrogens (primary N) is 1. The van der Waals surface area contributed by atoms with Gasteiger partial charge in [0.15, 0.2) is 11.5 Å². The molecule has 5 nitrogen and oxygen atoms in total. The van der Waals surface area contributed by atoms with Crippen molar-refractivity contribution in [3.63, 3.8) is 0 Å². The van der Waals surface area contributed by atoms with E-state index in [2.05, 4.69) is 0 Å². The van der Waals surface area contributed by atoms with Crippen molar-refractivity contribution in [2.24, 2.45) is 5.73 Å². The lowest BCUT2D eigenvalue weighted by atomic mass is 10.0. The Hall–Kier alpha value is -2.40. The first-order chi connectivity index (χ1) is 10.0. The summed E-state index contributed by atoms with van der Waals surface area (Å²) in [6.07, 6.45) is 0.712. The maximum absolute atomic E-state index is 11.3. The van der Waals surface area contributed by atoms with Crippen LogP contribution in [0.1, 0.15) is 19.4 Å². The third-order valence-corrected chi connectivity index (χ3v) is 2.98. The van der Waals surface area contributed by atoms with E-state index in [0.29, 0.717) is 13.0 Å². The van der Waals surface area contributed by atoms with Crippen molar-refractivity contribution in [1.82, 2.24) is 0 Å². The summed E-state index contributed by atoms with van der Waals surface area (Å²) < 4.78 is 10.4. The monoisotopic (exact) mass is 287 g/mol. The van der Waals surface area contributed by atoms with Crippen LogP contribution >= 0.6 is 0 Å². The van der Waals surface area contributed by atoms with Crippen LogP contribution in [0.4, 0.5) is 0 Å². The van der Waals surface area contributed by atoms with E-state index in [4.69, 9.17) is 15.2 Å². The van der Waals surface area contributed by atoms with Crippen molar-refractivity contribution in [3.05, 3.63) is 35.9 Å². The molecule has 0 amide bonds. The molecule has 0 aromatic heterocycles. The molecular weight excluding hydrogens is 270 g/mol. The normalized spacial score (nSPS) is 10.4. The van der Waals surface area contributed by atoms with Crippen molar-refractivity contribution in [3.8, 4) is 11.5 Å². The van der Waals surface area contributed by atoms with Crippen LogP contribution in [0, 0.1) is 0 Å². The minimum atomic E-state index is -0.472. The highest BCUT2D eigenvalue weighted by atomic mass is 16.6. The molecule has 5 heteroatoms. The van der Waals surface area contributed by atoms with Gasteiger partial charge in [0.1, 0.15) is 0 Å². The standard InChI is InChI=1S/C16H17NO4/c1-10(18)20-15-7-6-13-12(8-9-17)4-3-5-14(13)16(15)21-11(2)19/h3-7H,8-9,17H2,1-2H3. The minimum absolute atomic E-state index is 0.232. The van der Waals surface area contributed by atoms with Crippen molar-refractivity contribution in [2.45, 2.75) is 20.3 Å². The van der Waals surface area contributed by atoms with E-state index in [1.54, 1.807) is 6.07 Å². The molecule has 2 aromatic rings. The van der Waals surface area contributed by atoms with E-state index < -0.39 is 11.9 Å². The van der Waals surface area contributed by atoms with Crippen molar-refractivity contribution < 1.29 is 19.1 Å². The van der Waals surface area contributed by atoms with Crippen LogP contribution in [-0.2, 0) is 16.0 Å². The van der Waals surface area contributed by atoms with Gasteiger partial charge in [0.2, 0.25) is 0 Å². The minimum Gasteiger partial charge on any atom is -0.423 e. The Morgan fingerprint density at radius 1 is 1.00 bits per heavy atom. The predicted octanol–water partition coefficient (Wildman–Crippen LogP) is 2.19. The molecule has 0 saturated carbocycles. The molecule has 0 unspecified atom stereocenters. The fraction of sp³-hybridized carbons (Fsp3) is 0.250. The zero-order valence-electron chi connectivity index (χ0n) is 12.0. The molecule has 0 fully saturated rings. The number of benzene rings is 2. The van der Waals surface area contributed by atoms with Crippen LogP contribution in [0.15, 0.2) is 30.3 Å². The van der Waals surface area contributed by atoms with Gasteiger partial charge in [-0.1, -0.05) is 24.3 Å². The molecule has 0 aliphatic rings. The van der Waals surface area contributed by atoms with Crippen LogP contribution in [0.2, 0.25) is 0 Å². The van der Waals surface area contributed by atoms with Gasteiger partial charge >= 0.3 is 11.9 Å². The van der Waals surface area contributed by atoms with Gasteiger partial charge in [0.05, 0.1) is 0 Å². The molecule has 0 radical (unpaired) electrons. The number of esters is 2. The molecule has 0 aliphatic heterocycles. The Morgan fingerprint density at radius 2 is 1.71 bits per heavy atom. The van der Waals surface area contributed by atoms with E-state index >= 15 is 0 Å². The van der Waals surface area contributed by atoms with E-state index in [0.717, 1.165) is 16.3 Å². The van der Waals surface area contributed by atoms with Crippen molar-refractivity contribution >= 4 is 22.7 Å². The lowest BCUT2D eigenvalue weighted by Gasteiger charge is -2.13. The van der Waals surface area contributed by atoms with Gasteiger partial charge in [0.25, 0.3) is 0 Å². The molecule has 0 heterocycles. The Kier molecular flexibility index (Phi) is 4.55. The first kappa shape index (κ1) is 15.0. The first-order valence-corrected chi connectivity index (χ1v) is 6.64. The molecule has 110 valence electrons. The van der Waals surface area contributed by atoms with E-state index in [9.17, 15) is 9.59 Å². The van der Waals surface area contributed by atoms with Crippen LogP contribution in [-0.4, -0.2) is 18.5 Å². The molecule has 2 N–H and O–H groups in total. The lowest BCUT2D eigenvalue weighted by Crippen LogP contribution is -2.08. The molecule has 0 aliphatic carbocycles. The Balaban J connectivity index is 2.65. The van der Waals surface area contributed by atoms with Gasteiger partial charge < -0.3 is 15.2 Å². The van der Waals surface area contributed by atoms with Gasteiger partial charge in [-0.15, -0.1) is 0 Å². The van der Waals surface area contributed by atoms with Gasteiger partial charge in [0, 0.05) is 19.2 Å². The fourth-order valence-corrected chi connectivity index (χ4v) is 2.23. The SMILES string of the molecule is CC(=O)Oc1ccc2c(CCN)cccc2c1OC(C)=O. The molecule has 0 bridgehead atoms. The maximum Gasteiger partial charge on any atom is 0.308 e. The summed E-state index contributed by atoms with van der Waals surface area (Å²) in [6, 6.07) is 9.12. The molecule has 0 spiro atoms. The van der Waals surface area contributed by atoms with Crippen LogP contribution < -0.4 is 15.2 Å². The molecular formula is C16H17NO4. The maximum atomic E-state index is 11.3. The lowest BCUT2D eigenvalue weighted by molar-refractivity contribution is -0.134. The van der Waals surface area contributed by atoms with Gasteiger partial charge in [-0.3, -0.25) is 9.59 Å². The third kappa shape index (κ3) is 3.38. The quantitative estimate of drug-likeness (QED) is 0.689. The molecule has 21 heavy (non-hydrogen) atoms. The van der Waals surface area contributed by atoms with Gasteiger partial charge in [-0.25, -0.2) is 0 Å². The number of carbonyl (C=O) groups excluding carboxylic acids is 2. The van der Waals surface area contributed by atoms with Crippen LogP contribution in [0.5, 0.6) is 11.5 Å². The predicted molar refractivity (Wildman–Crippen MR) is 79.3 cm³/mol. The van der Waals surface area contributed by atoms with Crippen LogP contribution in [0.3, 0.4) is 0 Å². The zero-order valence-corrected chi connectivity index (χ0v) is 12.0. The summed E-state index contributed by atoms with van der Waals surface area (Å²) in [5, 5.41) is 1.64. The smallest absolute Gasteiger partial charge is 0.308 e. The first-order valence-electron chi connectivity index (χ1n) is 6.64. The number of ether oxygens (including phenoxy) is 2. The Labute approximate surface area is 122 Å². The second-order valence-corrected chi connectivity index (χ2v) is 4.63. The summed E-state index contributed by atoms with van der Waals surface area (Å²) >= 11 is 0. The van der Waals surface area contributed by atoms with E-state index in [1.807, 2.05) is 24.3 Å². The summed E-state index contributed by atoms with van der Waals surface area (Å²) in [5.41, 5.74) is 6.66. The van der Waals surface area contributed by atoms with Crippen molar-refractivity contribution in [1.29, 1.82) is 0 Å². The zero-order chi connectivity index (χ0) is 15.4. The summed E-state index contributed by atoms with van der Waals surface area (Å²) in [6.45, 7) is 3.13. The third-order valence-electron chi connectivity index (χ3n) is 2.98. The number of fused-ring (bicyclic) bond motifs is 1. The largest absolute Gasteiger partial charge is 0.423 e. The highest BCUT2D eigenvalue weighted by Crippen LogP contribution is 2.37. The highest BCUT2D eigenvalue weighted by Gasteiger charge is 2.15. The highest BCUT2D eigenvalue weighted by molar-refractivity contribution is 5.95. The Bertz CT molecular complexity index is 694. The van der Waals surface area contributed by atoms with E-state index in [-0.39, 0.29) is 11.5 Å². The summed E-state index contributed by atoms with van der Waals surface area (Å²) in [5.74, 6) is -0.454. The van der Waals surface area contributed by atoms with Gasteiger partial charge in [-0.05, 0) is 30.0 Å².